The summed E-state index contributed by atoms with van der Waals surface area (Å²) in [5, 5.41) is 6.48. The van der Waals surface area contributed by atoms with Crippen LogP contribution in [-0.2, 0) is 6.42 Å². The number of nitrogens with one attached hydrogen (secondary N) is 2. The van der Waals surface area contributed by atoms with Gasteiger partial charge in [-0.05, 0) is 37.1 Å². The van der Waals surface area contributed by atoms with Gasteiger partial charge in [-0.15, -0.1) is 0 Å². The SMILES string of the molecule is COc1ccccc1CCNc1cc(C(=O)Nc2ccccc2Cl)nc(C)n1. The second kappa shape index (κ2) is 9.19. The zero-order chi connectivity index (χ0) is 19.9. The van der Waals surface area contributed by atoms with Gasteiger partial charge in [0.2, 0.25) is 0 Å². The van der Waals surface area contributed by atoms with Crippen LogP contribution >= 0.6 is 11.6 Å². The number of carbonyl (C=O) groups is 1. The third-order valence-electron chi connectivity index (χ3n) is 4.09. The number of hydrogen-bond acceptors (Lipinski definition) is 5. The number of ether oxygens (including phenoxy) is 1. The average Bonchev–Trinajstić information content (AvgIpc) is 2.69. The van der Waals surface area contributed by atoms with Crippen molar-refractivity contribution in [2.75, 3.05) is 24.3 Å². The molecule has 144 valence electrons. The lowest BCUT2D eigenvalue weighted by Crippen LogP contribution is -2.16. The number of aromatic nitrogens is 2. The molecule has 0 saturated heterocycles. The van der Waals surface area contributed by atoms with Crippen LogP contribution in [0.4, 0.5) is 11.5 Å². The van der Waals surface area contributed by atoms with Crippen LogP contribution in [0.3, 0.4) is 0 Å². The predicted octanol–water partition coefficient (Wildman–Crippen LogP) is 4.35. The first-order chi connectivity index (χ1) is 13.6. The maximum atomic E-state index is 12.5. The topological polar surface area (TPSA) is 76.1 Å². The van der Waals surface area contributed by atoms with Crippen LogP contribution in [-0.4, -0.2) is 29.5 Å². The van der Waals surface area contributed by atoms with Crippen molar-refractivity contribution in [3.63, 3.8) is 0 Å². The van der Waals surface area contributed by atoms with Crippen LogP contribution in [0.5, 0.6) is 5.75 Å². The van der Waals surface area contributed by atoms with Crippen molar-refractivity contribution in [3.05, 3.63) is 76.7 Å². The van der Waals surface area contributed by atoms with Crippen molar-refractivity contribution in [2.45, 2.75) is 13.3 Å². The Hall–Kier alpha value is -3.12. The molecule has 0 aliphatic rings. The monoisotopic (exact) mass is 396 g/mol. The first-order valence-corrected chi connectivity index (χ1v) is 9.22. The van der Waals surface area contributed by atoms with E-state index in [1.165, 1.54) is 0 Å². The molecule has 1 heterocycles. The minimum Gasteiger partial charge on any atom is -0.496 e. The van der Waals surface area contributed by atoms with Crippen molar-refractivity contribution in [2.24, 2.45) is 0 Å². The van der Waals surface area contributed by atoms with E-state index in [1.54, 1.807) is 44.4 Å². The van der Waals surface area contributed by atoms with Gasteiger partial charge in [0.15, 0.2) is 0 Å². The summed E-state index contributed by atoms with van der Waals surface area (Å²) in [6, 6.07) is 16.6. The van der Waals surface area contributed by atoms with E-state index in [2.05, 4.69) is 20.6 Å². The molecule has 0 saturated carbocycles. The number of benzene rings is 2. The van der Waals surface area contributed by atoms with E-state index in [4.69, 9.17) is 16.3 Å². The van der Waals surface area contributed by atoms with Gasteiger partial charge < -0.3 is 15.4 Å². The van der Waals surface area contributed by atoms with Crippen LogP contribution in [0.15, 0.2) is 54.6 Å². The van der Waals surface area contributed by atoms with E-state index in [0.29, 0.717) is 28.9 Å². The number of amides is 1. The highest BCUT2D eigenvalue weighted by atomic mass is 35.5. The lowest BCUT2D eigenvalue weighted by Gasteiger charge is -2.11. The zero-order valence-corrected chi connectivity index (χ0v) is 16.5. The molecule has 1 aromatic heterocycles. The molecule has 0 atom stereocenters. The molecule has 3 aromatic rings. The summed E-state index contributed by atoms with van der Waals surface area (Å²) in [5.41, 5.74) is 1.91. The van der Waals surface area contributed by atoms with Crippen molar-refractivity contribution < 1.29 is 9.53 Å². The van der Waals surface area contributed by atoms with Crippen LogP contribution < -0.4 is 15.4 Å². The summed E-state index contributed by atoms with van der Waals surface area (Å²) in [6.45, 7) is 2.39. The van der Waals surface area contributed by atoms with Crippen molar-refractivity contribution >= 4 is 29.0 Å². The number of nitrogens with zero attached hydrogens (tertiary/aromatic N) is 2. The molecular weight excluding hydrogens is 376 g/mol. The average molecular weight is 397 g/mol. The Morgan fingerprint density at radius 3 is 2.64 bits per heavy atom. The molecule has 0 unspecified atom stereocenters. The molecule has 0 aliphatic heterocycles. The van der Waals surface area contributed by atoms with Gasteiger partial charge in [-0.3, -0.25) is 4.79 Å². The first kappa shape index (κ1) is 19.6. The minimum atomic E-state index is -0.341. The van der Waals surface area contributed by atoms with E-state index in [-0.39, 0.29) is 11.6 Å². The zero-order valence-electron chi connectivity index (χ0n) is 15.7. The number of halogens is 1. The van der Waals surface area contributed by atoms with Gasteiger partial charge in [0, 0.05) is 12.6 Å². The Balaban J connectivity index is 1.67. The summed E-state index contributed by atoms with van der Waals surface area (Å²) in [5.74, 6) is 1.60. The Labute approximate surface area is 168 Å². The van der Waals surface area contributed by atoms with Crippen molar-refractivity contribution in [1.29, 1.82) is 0 Å². The highest BCUT2D eigenvalue weighted by Crippen LogP contribution is 2.21. The van der Waals surface area contributed by atoms with E-state index in [0.717, 1.165) is 17.7 Å². The maximum absolute atomic E-state index is 12.5. The van der Waals surface area contributed by atoms with Gasteiger partial charge in [0.05, 0.1) is 17.8 Å². The quantitative estimate of drug-likeness (QED) is 0.620. The molecule has 2 aromatic carbocycles. The molecule has 6 nitrogen and oxygen atoms in total. The molecule has 0 spiro atoms. The highest BCUT2D eigenvalue weighted by molar-refractivity contribution is 6.33. The number of anilines is 2. The molecule has 3 rings (SSSR count). The largest absolute Gasteiger partial charge is 0.496 e. The molecule has 7 heteroatoms. The summed E-state index contributed by atoms with van der Waals surface area (Å²) < 4.78 is 5.37. The highest BCUT2D eigenvalue weighted by Gasteiger charge is 2.12. The number of aryl methyl sites for hydroxylation is 1. The minimum absolute atomic E-state index is 0.271. The number of para-hydroxylation sites is 2. The lowest BCUT2D eigenvalue weighted by molar-refractivity contribution is 0.102. The number of carbonyl (C=O) groups excluding carboxylic acids is 1. The smallest absolute Gasteiger partial charge is 0.274 e. The Morgan fingerprint density at radius 1 is 1.11 bits per heavy atom. The first-order valence-electron chi connectivity index (χ1n) is 8.84. The van der Waals surface area contributed by atoms with Gasteiger partial charge in [-0.25, -0.2) is 9.97 Å². The second-order valence-electron chi connectivity index (χ2n) is 6.11. The maximum Gasteiger partial charge on any atom is 0.274 e. The number of hydrogen-bond donors (Lipinski definition) is 2. The van der Waals surface area contributed by atoms with Crippen LogP contribution in [0.25, 0.3) is 0 Å². The lowest BCUT2D eigenvalue weighted by atomic mass is 10.1. The van der Waals surface area contributed by atoms with Crippen LogP contribution in [0, 0.1) is 6.92 Å². The molecular formula is C21H21ClN4O2. The van der Waals surface area contributed by atoms with Crippen molar-refractivity contribution in [1.82, 2.24) is 9.97 Å². The van der Waals surface area contributed by atoms with Gasteiger partial charge >= 0.3 is 0 Å². The van der Waals surface area contributed by atoms with Gasteiger partial charge in [-0.2, -0.15) is 0 Å². The summed E-state index contributed by atoms with van der Waals surface area (Å²) in [7, 11) is 1.66. The molecule has 0 fully saturated rings. The molecule has 28 heavy (non-hydrogen) atoms. The molecule has 0 radical (unpaired) electrons. The van der Waals surface area contributed by atoms with Crippen LogP contribution in [0.1, 0.15) is 21.9 Å². The molecule has 2 N–H and O–H groups in total. The normalized spacial score (nSPS) is 10.4. The summed E-state index contributed by atoms with van der Waals surface area (Å²) in [4.78, 5) is 21.1. The number of rotatable bonds is 7. The number of methoxy groups -OCH3 is 1. The predicted molar refractivity (Wildman–Crippen MR) is 111 cm³/mol. The van der Waals surface area contributed by atoms with Crippen LogP contribution in [0.2, 0.25) is 5.02 Å². The standard InChI is InChI=1S/C21H21ClN4O2/c1-14-24-18(21(27)26-17-9-5-4-8-16(17)22)13-20(25-14)23-12-11-15-7-3-6-10-19(15)28-2/h3-10,13H,11-12H2,1-2H3,(H,26,27)(H,23,24,25). The van der Waals surface area contributed by atoms with E-state index < -0.39 is 0 Å². The second-order valence-corrected chi connectivity index (χ2v) is 6.52. The Kier molecular flexibility index (Phi) is 6.45. The third-order valence-corrected chi connectivity index (χ3v) is 4.42. The molecule has 1 amide bonds. The van der Waals surface area contributed by atoms with E-state index in [9.17, 15) is 4.79 Å². The third kappa shape index (κ3) is 4.98. The van der Waals surface area contributed by atoms with Gasteiger partial charge in [0.25, 0.3) is 5.91 Å². The van der Waals surface area contributed by atoms with Gasteiger partial charge in [0.1, 0.15) is 23.1 Å². The Bertz CT molecular complexity index is 978. The van der Waals surface area contributed by atoms with E-state index >= 15 is 0 Å². The fourth-order valence-corrected chi connectivity index (χ4v) is 2.94. The Morgan fingerprint density at radius 2 is 1.86 bits per heavy atom. The summed E-state index contributed by atoms with van der Waals surface area (Å²) >= 11 is 6.10. The molecule has 0 aliphatic carbocycles. The summed E-state index contributed by atoms with van der Waals surface area (Å²) in [6.07, 6.45) is 0.758. The van der Waals surface area contributed by atoms with Crippen molar-refractivity contribution in [3.8, 4) is 5.75 Å². The molecule has 0 bridgehead atoms. The fourth-order valence-electron chi connectivity index (χ4n) is 2.76. The van der Waals surface area contributed by atoms with Gasteiger partial charge in [-0.1, -0.05) is 41.9 Å². The van der Waals surface area contributed by atoms with E-state index in [1.807, 2.05) is 24.3 Å². The fraction of sp³-hybridized carbons (Fsp3) is 0.190.